The Balaban J connectivity index is 1.47. The maximum absolute atomic E-state index is 12.8. The summed E-state index contributed by atoms with van der Waals surface area (Å²) >= 11 is 6.05. The van der Waals surface area contributed by atoms with E-state index < -0.39 is 10.0 Å². The Hall–Kier alpha value is -2.26. The third-order valence-corrected chi connectivity index (χ3v) is 7.41. The topological polar surface area (TPSA) is 86.8 Å². The number of nitrogens with zero attached hydrogens (tertiary/aromatic N) is 2. The number of halogens is 1. The van der Waals surface area contributed by atoms with E-state index in [0.717, 1.165) is 0 Å². The van der Waals surface area contributed by atoms with Crippen LogP contribution < -0.4 is 5.32 Å². The number of Topliss-reactive ketones (excluding diaryl/α,β-unsaturated/α-hetero) is 1. The largest absolute Gasteiger partial charge is 0.326 e. The van der Waals surface area contributed by atoms with Crippen LogP contribution in [0.15, 0.2) is 53.4 Å². The van der Waals surface area contributed by atoms with E-state index in [0.29, 0.717) is 50.4 Å². The van der Waals surface area contributed by atoms with Gasteiger partial charge in [-0.1, -0.05) is 23.7 Å². The number of nitrogens with one attached hydrogen (secondary N) is 1. The lowest BCUT2D eigenvalue weighted by molar-refractivity contribution is -0.116. The molecule has 0 atom stereocenters. The first-order valence-corrected chi connectivity index (χ1v) is 11.5. The molecule has 2 aromatic carbocycles. The number of amides is 1. The minimum atomic E-state index is -3.63. The quantitative estimate of drug-likeness (QED) is 0.657. The van der Waals surface area contributed by atoms with Crippen molar-refractivity contribution in [1.82, 2.24) is 9.21 Å². The summed E-state index contributed by atoms with van der Waals surface area (Å²) in [5.41, 5.74) is 1.23. The number of rotatable bonds is 7. The Morgan fingerprint density at radius 2 is 1.63 bits per heavy atom. The highest BCUT2D eigenvalue weighted by atomic mass is 35.5. The second kappa shape index (κ2) is 9.70. The minimum Gasteiger partial charge on any atom is -0.326 e. The average molecular weight is 450 g/mol. The molecule has 1 amide bonds. The number of hydrogen-bond donors (Lipinski definition) is 1. The number of benzene rings is 2. The molecule has 1 aliphatic heterocycles. The zero-order chi connectivity index (χ0) is 21.7. The van der Waals surface area contributed by atoms with Gasteiger partial charge in [0.15, 0.2) is 5.78 Å². The zero-order valence-electron chi connectivity index (χ0n) is 16.7. The van der Waals surface area contributed by atoms with Gasteiger partial charge in [-0.25, -0.2) is 8.42 Å². The Labute approximate surface area is 181 Å². The molecule has 2 aromatic rings. The van der Waals surface area contributed by atoms with Crippen molar-refractivity contribution in [3.05, 3.63) is 59.1 Å². The smallest absolute Gasteiger partial charge is 0.244 e. The Kier molecular flexibility index (Phi) is 7.25. The van der Waals surface area contributed by atoms with Gasteiger partial charge in [-0.2, -0.15) is 4.31 Å². The highest BCUT2D eigenvalue weighted by molar-refractivity contribution is 7.89. The summed E-state index contributed by atoms with van der Waals surface area (Å²) < 4.78 is 27.0. The fourth-order valence-electron chi connectivity index (χ4n) is 3.26. The van der Waals surface area contributed by atoms with Crippen LogP contribution in [0.2, 0.25) is 5.02 Å². The lowest BCUT2D eigenvalue weighted by Crippen LogP contribution is -2.49. The van der Waals surface area contributed by atoms with Gasteiger partial charge in [0.25, 0.3) is 0 Å². The summed E-state index contributed by atoms with van der Waals surface area (Å²) in [5, 5.41) is 3.03. The molecule has 0 aromatic heterocycles. The van der Waals surface area contributed by atoms with E-state index in [2.05, 4.69) is 10.2 Å². The van der Waals surface area contributed by atoms with Crippen molar-refractivity contribution >= 4 is 39.0 Å². The predicted molar refractivity (Wildman–Crippen MR) is 116 cm³/mol. The van der Waals surface area contributed by atoms with E-state index >= 15 is 0 Å². The van der Waals surface area contributed by atoms with E-state index in [4.69, 9.17) is 11.6 Å². The van der Waals surface area contributed by atoms with Crippen LogP contribution in [0.5, 0.6) is 0 Å². The zero-order valence-corrected chi connectivity index (χ0v) is 18.2. The molecule has 1 fully saturated rings. The molecule has 3 rings (SSSR count). The first kappa shape index (κ1) is 22.4. The highest BCUT2D eigenvalue weighted by Gasteiger charge is 2.29. The van der Waals surface area contributed by atoms with Crippen LogP contribution in [0.1, 0.15) is 23.7 Å². The molecule has 1 aliphatic rings. The third-order valence-electron chi connectivity index (χ3n) is 5.02. The van der Waals surface area contributed by atoms with E-state index in [1.165, 1.54) is 17.3 Å². The fraction of sp³-hybridized carbons (Fsp3) is 0.333. The summed E-state index contributed by atoms with van der Waals surface area (Å²) in [4.78, 5) is 25.7. The monoisotopic (exact) mass is 449 g/mol. The van der Waals surface area contributed by atoms with Crippen molar-refractivity contribution in [1.29, 1.82) is 0 Å². The van der Waals surface area contributed by atoms with Crippen LogP contribution in [0.3, 0.4) is 0 Å². The summed E-state index contributed by atoms with van der Waals surface area (Å²) in [6.45, 7) is 3.82. The van der Waals surface area contributed by atoms with Crippen LogP contribution in [-0.4, -0.2) is 62.0 Å². The van der Waals surface area contributed by atoms with Gasteiger partial charge in [0.1, 0.15) is 4.90 Å². The van der Waals surface area contributed by atoms with Gasteiger partial charge in [-0.05, 0) is 43.3 Å². The van der Waals surface area contributed by atoms with Gasteiger partial charge in [-0.15, -0.1) is 0 Å². The van der Waals surface area contributed by atoms with Crippen molar-refractivity contribution in [3.8, 4) is 0 Å². The number of piperazine rings is 1. The van der Waals surface area contributed by atoms with Crippen LogP contribution in [0.25, 0.3) is 0 Å². The predicted octanol–water partition coefficient (Wildman–Crippen LogP) is 2.88. The Bertz CT molecular complexity index is 1020. The maximum atomic E-state index is 12.8. The lowest BCUT2D eigenvalue weighted by atomic mass is 10.1. The number of carbonyl (C=O) groups is 2. The van der Waals surface area contributed by atoms with Crippen molar-refractivity contribution in [3.63, 3.8) is 0 Å². The number of hydrogen-bond acceptors (Lipinski definition) is 5. The molecule has 7 nitrogen and oxygen atoms in total. The number of anilines is 1. The first-order chi connectivity index (χ1) is 14.3. The molecule has 0 saturated carbocycles. The molecular weight excluding hydrogens is 426 g/mol. The molecule has 1 heterocycles. The van der Waals surface area contributed by atoms with Gasteiger partial charge >= 0.3 is 0 Å². The number of carbonyl (C=O) groups excluding carboxylic acids is 2. The van der Waals surface area contributed by atoms with Gasteiger partial charge in [0, 0.05) is 50.4 Å². The molecule has 0 radical (unpaired) electrons. The molecule has 0 aliphatic carbocycles. The van der Waals surface area contributed by atoms with Crippen LogP contribution in [0, 0.1) is 0 Å². The number of ketones is 1. The van der Waals surface area contributed by atoms with Gasteiger partial charge < -0.3 is 10.2 Å². The second-order valence-corrected chi connectivity index (χ2v) is 9.42. The maximum Gasteiger partial charge on any atom is 0.244 e. The van der Waals surface area contributed by atoms with Crippen LogP contribution >= 0.6 is 11.6 Å². The van der Waals surface area contributed by atoms with Crippen LogP contribution in [-0.2, 0) is 14.8 Å². The third kappa shape index (κ3) is 5.46. The summed E-state index contributed by atoms with van der Waals surface area (Å²) in [7, 11) is -3.63. The standard InChI is InChI=1S/C21H24ClN3O4S/c1-16(26)17-6-8-18(9-7-17)23-21(27)10-11-24-12-14-25(15-13-24)30(28,29)20-5-3-2-4-19(20)22/h2-9H,10-15H2,1H3,(H,23,27). The van der Waals surface area contributed by atoms with Crippen molar-refractivity contribution in [2.24, 2.45) is 0 Å². The highest BCUT2D eigenvalue weighted by Crippen LogP contribution is 2.25. The Morgan fingerprint density at radius 3 is 2.23 bits per heavy atom. The van der Waals surface area contributed by atoms with E-state index in [-0.39, 0.29) is 21.6 Å². The number of sulfonamides is 1. The molecule has 160 valence electrons. The average Bonchev–Trinajstić information content (AvgIpc) is 2.73. The van der Waals surface area contributed by atoms with Crippen molar-refractivity contribution < 1.29 is 18.0 Å². The van der Waals surface area contributed by atoms with Gasteiger partial charge in [-0.3, -0.25) is 9.59 Å². The van der Waals surface area contributed by atoms with E-state index in [1.807, 2.05) is 0 Å². The second-order valence-electron chi connectivity index (χ2n) is 7.11. The van der Waals surface area contributed by atoms with Crippen molar-refractivity contribution in [2.75, 3.05) is 38.0 Å². The summed E-state index contributed by atoms with van der Waals surface area (Å²) in [5.74, 6) is -0.153. The normalized spacial score (nSPS) is 15.7. The summed E-state index contributed by atoms with van der Waals surface area (Å²) in [6, 6.07) is 13.2. The van der Waals surface area contributed by atoms with E-state index in [1.54, 1.807) is 42.5 Å². The molecule has 1 N–H and O–H groups in total. The molecule has 9 heteroatoms. The molecule has 0 spiro atoms. The van der Waals surface area contributed by atoms with Crippen molar-refractivity contribution in [2.45, 2.75) is 18.2 Å². The van der Waals surface area contributed by atoms with Gasteiger partial charge in [0.05, 0.1) is 5.02 Å². The molecule has 30 heavy (non-hydrogen) atoms. The lowest BCUT2D eigenvalue weighted by Gasteiger charge is -2.34. The molecular formula is C21H24ClN3O4S. The van der Waals surface area contributed by atoms with Gasteiger partial charge in [0.2, 0.25) is 15.9 Å². The molecule has 0 unspecified atom stereocenters. The van der Waals surface area contributed by atoms with E-state index in [9.17, 15) is 18.0 Å². The molecule has 1 saturated heterocycles. The minimum absolute atomic E-state index is 0.0245. The summed E-state index contributed by atoms with van der Waals surface area (Å²) in [6.07, 6.45) is 0.297. The molecule has 0 bridgehead atoms. The SMILES string of the molecule is CC(=O)c1ccc(NC(=O)CCN2CCN(S(=O)(=O)c3ccccc3Cl)CC2)cc1. The fourth-order valence-corrected chi connectivity index (χ4v) is 5.17. The van der Waals surface area contributed by atoms with Crippen LogP contribution in [0.4, 0.5) is 5.69 Å². The Morgan fingerprint density at radius 1 is 1.00 bits per heavy atom. The first-order valence-electron chi connectivity index (χ1n) is 9.65.